The average molecular weight is 442 g/mol. The van der Waals surface area contributed by atoms with Crippen LogP contribution in [-0.2, 0) is 22.0 Å². The highest BCUT2D eigenvalue weighted by Gasteiger charge is 2.74. The minimum absolute atomic E-state index is 0.123. The molecule has 168 valence electrons. The molecule has 3 atom stereocenters. The lowest BCUT2D eigenvalue weighted by molar-refractivity contribution is -0.128. The number of hydrogen-bond donors (Lipinski definition) is 0. The second-order valence-electron chi connectivity index (χ2n) is 10.8. The Kier molecular flexibility index (Phi) is 3.43. The summed E-state index contributed by atoms with van der Waals surface area (Å²) in [5.74, 6) is 1.56. The zero-order chi connectivity index (χ0) is 22.8. The van der Waals surface area contributed by atoms with Crippen molar-refractivity contribution in [1.29, 1.82) is 0 Å². The first-order valence-corrected chi connectivity index (χ1v) is 11.8. The van der Waals surface area contributed by atoms with Crippen LogP contribution in [0.15, 0.2) is 36.4 Å². The molecule has 6 nitrogen and oxygen atoms in total. The minimum atomic E-state index is -0.708. The highest BCUT2D eigenvalue weighted by molar-refractivity contribution is 6.05. The van der Waals surface area contributed by atoms with E-state index in [0.717, 1.165) is 47.4 Å². The Balaban J connectivity index is 1.47. The molecule has 1 aromatic heterocycles. The molecule has 6 heteroatoms. The van der Waals surface area contributed by atoms with Gasteiger partial charge in [0.2, 0.25) is 12.7 Å². The Bertz CT molecular complexity index is 1380. The molecule has 4 aliphatic rings. The molecule has 1 saturated carbocycles. The molecule has 3 aromatic rings. The number of anilines is 1. The first kappa shape index (κ1) is 19.3. The number of carbonyl (C=O) groups excluding carboxylic acids is 1. The highest BCUT2D eigenvalue weighted by atomic mass is 16.7. The zero-order valence-electron chi connectivity index (χ0n) is 19.4. The second-order valence-corrected chi connectivity index (χ2v) is 10.8. The van der Waals surface area contributed by atoms with Crippen LogP contribution in [-0.4, -0.2) is 28.7 Å². The van der Waals surface area contributed by atoms with Gasteiger partial charge < -0.3 is 14.4 Å². The summed E-state index contributed by atoms with van der Waals surface area (Å²) < 4.78 is 11.2. The number of nitrogens with zero attached hydrogens (tertiary/aromatic N) is 3. The van der Waals surface area contributed by atoms with E-state index in [1.54, 1.807) is 0 Å². The molecule has 2 bridgehead atoms. The summed E-state index contributed by atoms with van der Waals surface area (Å²) in [6.45, 7) is 9.11. The number of aromatic nitrogens is 2. The third-order valence-electron chi connectivity index (χ3n) is 9.32. The molecule has 1 amide bonds. The van der Waals surface area contributed by atoms with Crippen molar-refractivity contribution in [3.8, 4) is 11.5 Å². The van der Waals surface area contributed by atoms with Gasteiger partial charge in [-0.3, -0.25) is 4.79 Å². The maximum Gasteiger partial charge on any atom is 0.240 e. The number of hydrogen-bond acceptors (Lipinski definition) is 5. The summed E-state index contributed by atoms with van der Waals surface area (Å²) in [7, 11) is 0. The number of rotatable bonds is 1. The summed E-state index contributed by atoms with van der Waals surface area (Å²) in [5, 5.41) is 0. The number of ether oxygens (including phenoxy) is 2. The molecule has 2 aliphatic carbocycles. The van der Waals surface area contributed by atoms with E-state index in [-0.39, 0.29) is 29.6 Å². The normalized spacial score (nSPS) is 30.1. The van der Waals surface area contributed by atoms with Crippen LogP contribution in [0.1, 0.15) is 57.5 Å². The summed E-state index contributed by atoms with van der Waals surface area (Å²) in [4.78, 5) is 27.0. The minimum Gasteiger partial charge on any atom is -0.454 e. The fourth-order valence-corrected chi connectivity index (χ4v) is 7.05. The van der Waals surface area contributed by atoms with Crippen LogP contribution in [0.3, 0.4) is 0 Å². The summed E-state index contributed by atoms with van der Waals surface area (Å²) in [5.41, 5.74) is 4.41. The summed E-state index contributed by atoms with van der Waals surface area (Å²) >= 11 is 0. The first-order chi connectivity index (χ1) is 15.8. The van der Waals surface area contributed by atoms with E-state index in [1.165, 1.54) is 5.56 Å². The molecule has 7 rings (SSSR count). The Labute approximate surface area is 192 Å². The Morgan fingerprint density at radius 2 is 1.67 bits per heavy atom. The van der Waals surface area contributed by atoms with Gasteiger partial charge in [-0.25, -0.2) is 9.97 Å². The lowest BCUT2D eigenvalue weighted by Gasteiger charge is -2.42. The van der Waals surface area contributed by atoms with Crippen LogP contribution in [0.25, 0.3) is 11.0 Å². The number of fused-ring (bicyclic) bond motifs is 8. The fraction of sp³-hybridized carbons (Fsp3) is 0.444. The quantitative estimate of drug-likeness (QED) is 0.549. The Morgan fingerprint density at radius 1 is 1.00 bits per heavy atom. The van der Waals surface area contributed by atoms with E-state index in [1.807, 2.05) is 23.1 Å². The van der Waals surface area contributed by atoms with Crippen molar-refractivity contribution in [3.05, 3.63) is 53.3 Å². The van der Waals surface area contributed by atoms with Gasteiger partial charge in [-0.1, -0.05) is 39.0 Å². The third kappa shape index (κ3) is 2.04. The van der Waals surface area contributed by atoms with Crippen LogP contribution < -0.4 is 14.4 Å². The lowest BCUT2D eigenvalue weighted by Crippen LogP contribution is -2.54. The van der Waals surface area contributed by atoms with Crippen molar-refractivity contribution in [2.24, 2.45) is 5.41 Å². The van der Waals surface area contributed by atoms with E-state index in [2.05, 4.69) is 45.9 Å². The van der Waals surface area contributed by atoms with Gasteiger partial charge in [0.1, 0.15) is 0 Å². The van der Waals surface area contributed by atoms with E-state index >= 15 is 0 Å². The van der Waals surface area contributed by atoms with Gasteiger partial charge in [-0.05, 0) is 43.2 Å². The zero-order valence-corrected chi connectivity index (χ0v) is 19.4. The molecule has 0 N–H and O–H groups in total. The van der Waals surface area contributed by atoms with Crippen molar-refractivity contribution in [3.63, 3.8) is 0 Å². The molecule has 1 fully saturated rings. The molecular formula is C27H27N3O3. The Morgan fingerprint density at radius 3 is 2.39 bits per heavy atom. The van der Waals surface area contributed by atoms with E-state index < -0.39 is 5.41 Å². The van der Waals surface area contributed by atoms with Gasteiger partial charge in [0.25, 0.3) is 0 Å². The Hall–Kier alpha value is -3.15. The van der Waals surface area contributed by atoms with Crippen molar-refractivity contribution < 1.29 is 14.3 Å². The highest BCUT2D eigenvalue weighted by Crippen LogP contribution is 2.71. The lowest BCUT2D eigenvalue weighted by atomic mass is 9.63. The van der Waals surface area contributed by atoms with Crippen molar-refractivity contribution in [1.82, 2.24) is 9.97 Å². The molecule has 33 heavy (non-hydrogen) atoms. The predicted molar refractivity (Wildman–Crippen MR) is 125 cm³/mol. The molecule has 0 radical (unpaired) electrons. The van der Waals surface area contributed by atoms with Gasteiger partial charge >= 0.3 is 0 Å². The van der Waals surface area contributed by atoms with E-state index in [0.29, 0.717) is 11.5 Å². The van der Waals surface area contributed by atoms with E-state index in [4.69, 9.17) is 19.4 Å². The van der Waals surface area contributed by atoms with Crippen LogP contribution in [0.2, 0.25) is 0 Å². The van der Waals surface area contributed by atoms with Gasteiger partial charge in [0.15, 0.2) is 11.5 Å². The maximum atomic E-state index is 14.7. The monoisotopic (exact) mass is 441 g/mol. The molecule has 0 saturated heterocycles. The smallest absolute Gasteiger partial charge is 0.240 e. The summed E-state index contributed by atoms with van der Waals surface area (Å²) in [6, 6.07) is 12.2. The number of para-hydroxylation sites is 1. The second kappa shape index (κ2) is 5.85. The van der Waals surface area contributed by atoms with Crippen molar-refractivity contribution in [2.75, 3.05) is 11.7 Å². The SMILES string of the molecule is CC1Cc2ccccc2N1C(=O)C12CCC(C)(c3nc4cc5c(cc4nc31)OCO5)C2(C)C. The summed E-state index contributed by atoms with van der Waals surface area (Å²) in [6.07, 6.45) is 2.60. The standard InChI is InChI=1S/C27H27N3O3/c1-15-11-16-7-5-6-8-19(16)30(15)24(31)27-10-9-26(4,25(27,2)3)22-23(27)29-18-13-21-20(32-14-33-21)12-17(18)28-22/h5-8,12-13,15H,9-11,14H2,1-4H3. The van der Waals surface area contributed by atoms with Crippen LogP contribution >= 0.6 is 0 Å². The molecule has 3 heterocycles. The van der Waals surface area contributed by atoms with Gasteiger partial charge in [0, 0.05) is 29.3 Å². The van der Waals surface area contributed by atoms with Crippen LogP contribution in [0.5, 0.6) is 11.5 Å². The number of benzene rings is 2. The maximum absolute atomic E-state index is 14.7. The van der Waals surface area contributed by atoms with Gasteiger partial charge in [-0.2, -0.15) is 0 Å². The molecule has 2 aliphatic heterocycles. The van der Waals surface area contributed by atoms with Gasteiger partial charge in [-0.15, -0.1) is 0 Å². The van der Waals surface area contributed by atoms with Crippen LogP contribution in [0.4, 0.5) is 5.69 Å². The molecule has 2 aromatic carbocycles. The first-order valence-electron chi connectivity index (χ1n) is 11.8. The fourth-order valence-electron chi connectivity index (χ4n) is 7.05. The number of amides is 1. The predicted octanol–water partition coefficient (Wildman–Crippen LogP) is 4.67. The molecular weight excluding hydrogens is 414 g/mol. The average Bonchev–Trinajstić information content (AvgIpc) is 3.46. The molecule has 3 unspecified atom stereocenters. The number of carbonyl (C=O) groups is 1. The van der Waals surface area contributed by atoms with Crippen molar-refractivity contribution >= 4 is 22.6 Å². The largest absolute Gasteiger partial charge is 0.454 e. The van der Waals surface area contributed by atoms with Gasteiger partial charge in [0.05, 0.1) is 27.8 Å². The van der Waals surface area contributed by atoms with Crippen LogP contribution in [0, 0.1) is 5.41 Å². The van der Waals surface area contributed by atoms with E-state index in [9.17, 15) is 4.79 Å². The topological polar surface area (TPSA) is 64.6 Å². The molecule has 0 spiro atoms. The third-order valence-corrected chi connectivity index (χ3v) is 9.32. The van der Waals surface area contributed by atoms with Crippen molar-refractivity contribution in [2.45, 2.75) is 63.8 Å².